The third-order valence-corrected chi connectivity index (χ3v) is 3.79. The van der Waals surface area contributed by atoms with E-state index < -0.39 is 0 Å². The topological polar surface area (TPSA) is 52.0 Å². The molecule has 64 valence electrons. The van der Waals surface area contributed by atoms with Gasteiger partial charge < -0.3 is 11.5 Å². The van der Waals surface area contributed by atoms with Crippen LogP contribution in [0.5, 0.6) is 0 Å². The zero-order valence-electron chi connectivity index (χ0n) is 7.03. The monoisotopic (exact) mass is 162 g/mol. The number of hydrogen-bond acceptors (Lipinski definition) is 2. The lowest BCUT2D eigenvalue weighted by atomic mass is 9.78. The van der Waals surface area contributed by atoms with E-state index in [1.54, 1.807) is 0 Å². The van der Waals surface area contributed by atoms with Gasteiger partial charge in [-0.15, -0.1) is 0 Å². The number of allylic oxidation sites excluding steroid dienone is 1. The van der Waals surface area contributed by atoms with E-state index in [1.165, 1.54) is 6.42 Å². The number of rotatable bonds is 0. The van der Waals surface area contributed by atoms with E-state index in [4.69, 9.17) is 11.5 Å². The van der Waals surface area contributed by atoms with Crippen LogP contribution in [0.1, 0.15) is 12.8 Å². The lowest BCUT2D eigenvalue weighted by Gasteiger charge is -2.32. The van der Waals surface area contributed by atoms with Crippen molar-refractivity contribution >= 4 is 0 Å². The van der Waals surface area contributed by atoms with E-state index in [9.17, 15) is 0 Å². The smallest absolute Gasteiger partial charge is 0.0342 e. The molecule has 0 aromatic carbocycles. The molecule has 2 nitrogen and oxygen atoms in total. The van der Waals surface area contributed by atoms with Crippen molar-refractivity contribution in [1.29, 1.82) is 0 Å². The SMILES string of the molecule is NC1=C[C@H]2C3C=CC(C3)C2(N)C1. The van der Waals surface area contributed by atoms with Crippen LogP contribution in [0.2, 0.25) is 0 Å². The van der Waals surface area contributed by atoms with Crippen LogP contribution < -0.4 is 11.5 Å². The van der Waals surface area contributed by atoms with Crippen molar-refractivity contribution in [2.24, 2.45) is 29.2 Å². The zero-order valence-corrected chi connectivity index (χ0v) is 7.03. The summed E-state index contributed by atoms with van der Waals surface area (Å²) in [6, 6.07) is 0. The number of hydrogen-bond donors (Lipinski definition) is 2. The van der Waals surface area contributed by atoms with Gasteiger partial charge in [0.15, 0.2) is 0 Å². The molecule has 1 fully saturated rings. The summed E-state index contributed by atoms with van der Waals surface area (Å²) in [5.41, 5.74) is 13.2. The summed E-state index contributed by atoms with van der Waals surface area (Å²) in [4.78, 5) is 0. The second-order valence-electron chi connectivity index (χ2n) is 4.45. The molecule has 0 heterocycles. The van der Waals surface area contributed by atoms with Crippen molar-refractivity contribution < 1.29 is 0 Å². The molecule has 0 radical (unpaired) electrons. The van der Waals surface area contributed by atoms with Gasteiger partial charge in [-0.3, -0.25) is 0 Å². The first-order valence-electron chi connectivity index (χ1n) is 4.63. The Labute approximate surface area is 72.3 Å². The Bertz CT molecular complexity index is 292. The van der Waals surface area contributed by atoms with Crippen molar-refractivity contribution in [2.45, 2.75) is 18.4 Å². The highest BCUT2D eigenvalue weighted by atomic mass is 14.9. The molecular weight excluding hydrogens is 148 g/mol. The molecule has 1 saturated carbocycles. The van der Waals surface area contributed by atoms with Crippen LogP contribution in [-0.2, 0) is 0 Å². The van der Waals surface area contributed by atoms with Crippen molar-refractivity contribution in [1.82, 2.24) is 0 Å². The lowest BCUT2D eigenvalue weighted by Crippen LogP contribution is -2.47. The first kappa shape index (κ1) is 6.72. The average molecular weight is 162 g/mol. The fourth-order valence-corrected chi connectivity index (χ4v) is 3.21. The Balaban J connectivity index is 2.07. The molecule has 2 bridgehead atoms. The normalized spacial score (nSPS) is 54.4. The summed E-state index contributed by atoms with van der Waals surface area (Å²) in [5.74, 6) is 1.80. The standard InChI is InChI=1S/C10H14N2/c11-8-4-9-6-1-2-7(3-6)10(9,12)5-8/h1-2,4,6-7,9H,3,5,11-12H2/t6?,7?,9-,10?/m0/s1. The minimum absolute atomic E-state index is 0.0104. The van der Waals surface area contributed by atoms with Crippen molar-refractivity contribution in [3.8, 4) is 0 Å². The van der Waals surface area contributed by atoms with Crippen LogP contribution in [0.4, 0.5) is 0 Å². The van der Waals surface area contributed by atoms with Gasteiger partial charge in [0.2, 0.25) is 0 Å². The number of fused-ring (bicyclic) bond motifs is 5. The zero-order chi connectivity index (χ0) is 8.34. The highest BCUT2D eigenvalue weighted by Crippen LogP contribution is 2.54. The molecule has 2 heteroatoms. The second kappa shape index (κ2) is 1.77. The Morgan fingerprint density at radius 2 is 2.25 bits per heavy atom. The molecule has 3 rings (SSSR count). The molecule has 0 saturated heterocycles. The van der Waals surface area contributed by atoms with Crippen molar-refractivity contribution in [2.75, 3.05) is 0 Å². The summed E-state index contributed by atoms with van der Waals surface area (Å²) < 4.78 is 0. The first-order valence-corrected chi connectivity index (χ1v) is 4.63. The average Bonchev–Trinajstić information content (AvgIpc) is 2.57. The Morgan fingerprint density at radius 1 is 1.42 bits per heavy atom. The van der Waals surface area contributed by atoms with Crippen LogP contribution in [0.25, 0.3) is 0 Å². The molecule has 3 unspecified atom stereocenters. The molecule has 0 spiro atoms. The van der Waals surface area contributed by atoms with Gasteiger partial charge in [0, 0.05) is 23.6 Å². The molecule has 0 amide bonds. The quantitative estimate of drug-likeness (QED) is 0.516. The molecule has 12 heavy (non-hydrogen) atoms. The van der Waals surface area contributed by atoms with Crippen LogP contribution in [-0.4, -0.2) is 5.54 Å². The predicted octanol–water partition coefficient (Wildman–Crippen LogP) is 0.752. The fraction of sp³-hybridized carbons (Fsp3) is 0.600. The first-order chi connectivity index (χ1) is 5.70. The summed E-state index contributed by atoms with van der Waals surface area (Å²) in [5, 5.41) is 0. The summed E-state index contributed by atoms with van der Waals surface area (Å²) >= 11 is 0. The lowest BCUT2D eigenvalue weighted by molar-refractivity contribution is 0.315. The summed E-state index contributed by atoms with van der Waals surface area (Å²) in [6.45, 7) is 0. The maximum absolute atomic E-state index is 6.36. The van der Waals surface area contributed by atoms with Gasteiger partial charge in [0.1, 0.15) is 0 Å². The van der Waals surface area contributed by atoms with Crippen LogP contribution >= 0.6 is 0 Å². The van der Waals surface area contributed by atoms with Gasteiger partial charge in [0.05, 0.1) is 0 Å². The van der Waals surface area contributed by atoms with Gasteiger partial charge in [-0.25, -0.2) is 0 Å². The Kier molecular flexibility index (Phi) is 0.990. The van der Waals surface area contributed by atoms with Crippen molar-refractivity contribution in [3.63, 3.8) is 0 Å². The molecule has 4 atom stereocenters. The Hall–Kier alpha value is -0.760. The highest BCUT2D eigenvalue weighted by Gasteiger charge is 2.55. The maximum atomic E-state index is 6.36. The Morgan fingerprint density at radius 3 is 3.00 bits per heavy atom. The van der Waals surface area contributed by atoms with Gasteiger partial charge in [-0.2, -0.15) is 0 Å². The minimum atomic E-state index is -0.0104. The minimum Gasteiger partial charge on any atom is -0.402 e. The van der Waals surface area contributed by atoms with Gasteiger partial charge >= 0.3 is 0 Å². The van der Waals surface area contributed by atoms with Crippen molar-refractivity contribution in [3.05, 3.63) is 23.9 Å². The third-order valence-electron chi connectivity index (χ3n) is 3.79. The van der Waals surface area contributed by atoms with E-state index in [1.807, 2.05) is 0 Å². The van der Waals surface area contributed by atoms with E-state index in [0.29, 0.717) is 17.8 Å². The van der Waals surface area contributed by atoms with Crippen LogP contribution in [0.3, 0.4) is 0 Å². The molecule has 3 aliphatic carbocycles. The van der Waals surface area contributed by atoms with E-state index in [0.717, 1.165) is 12.1 Å². The predicted molar refractivity (Wildman–Crippen MR) is 48.0 cm³/mol. The number of nitrogens with two attached hydrogens (primary N) is 2. The van der Waals surface area contributed by atoms with Gasteiger partial charge in [-0.1, -0.05) is 18.2 Å². The molecule has 4 N–H and O–H groups in total. The molecule has 0 aromatic heterocycles. The third kappa shape index (κ3) is 0.568. The molecule has 0 aliphatic heterocycles. The molecule has 3 aliphatic rings. The van der Waals surface area contributed by atoms with E-state index >= 15 is 0 Å². The summed E-state index contributed by atoms with van der Waals surface area (Å²) in [6.07, 6.45) is 8.95. The maximum Gasteiger partial charge on any atom is 0.0342 e. The fourth-order valence-electron chi connectivity index (χ4n) is 3.21. The van der Waals surface area contributed by atoms with Crippen LogP contribution in [0, 0.1) is 17.8 Å². The van der Waals surface area contributed by atoms with E-state index in [2.05, 4.69) is 18.2 Å². The van der Waals surface area contributed by atoms with Gasteiger partial charge in [-0.05, 0) is 18.3 Å². The van der Waals surface area contributed by atoms with E-state index in [-0.39, 0.29) is 5.54 Å². The highest BCUT2D eigenvalue weighted by molar-refractivity contribution is 5.33. The summed E-state index contributed by atoms with van der Waals surface area (Å²) in [7, 11) is 0. The molecule has 0 aromatic rings. The second-order valence-corrected chi connectivity index (χ2v) is 4.45. The largest absolute Gasteiger partial charge is 0.402 e. The molecular formula is C10H14N2. The van der Waals surface area contributed by atoms with Gasteiger partial charge in [0.25, 0.3) is 0 Å². The van der Waals surface area contributed by atoms with Crippen LogP contribution in [0.15, 0.2) is 23.9 Å².